The van der Waals surface area contributed by atoms with Gasteiger partial charge >= 0.3 is 0 Å². The Bertz CT molecular complexity index is 64.9. The molecule has 48 valence electrons. The lowest BCUT2D eigenvalue weighted by molar-refractivity contribution is 0.248. The number of nitrogens with one attached hydrogen (secondary N) is 1. The van der Waals surface area contributed by atoms with Crippen molar-refractivity contribution in [3.63, 3.8) is 0 Å². The molecule has 0 bridgehead atoms. The van der Waals surface area contributed by atoms with Crippen LogP contribution in [0.15, 0.2) is 0 Å². The molecule has 1 aliphatic rings. The van der Waals surface area contributed by atoms with E-state index in [4.69, 9.17) is 0 Å². The first-order chi connectivity index (χ1) is 3.79. The van der Waals surface area contributed by atoms with Gasteiger partial charge in [0.05, 0.1) is 0 Å². The molecule has 8 heavy (non-hydrogen) atoms. The Morgan fingerprint density at radius 2 is 2.38 bits per heavy atom. The van der Waals surface area contributed by atoms with Gasteiger partial charge in [0.25, 0.3) is 0 Å². The maximum atomic E-state index is 3.37. The molecule has 1 aliphatic heterocycles. The second-order valence-corrected chi connectivity index (χ2v) is 2.62. The smallest absolute Gasteiger partial charge is 0.0167 e. The lowest BCUT2D eigenvalue weighted by Crippen LogP contribution is -2.47. The molecule has 1 fully saturated rings. The van der Waals surface area contributed by atoms with Crippen LogP contribution in [0.1, 0.15) is 6.92 Å². The highest BCUT2D eigenvalue weighted by atomic mass is 15.2. The number of hydrogen-bond acceptors (Lipinski definition) is 2. The van der Waals surface area contributed by atoms with E-state index in [1.54, 1.807) is 0 Å². The fourth-order valence-electron chi connectivity index (χ4n) is 1.13. The Morgan fingerprint density at radius 1 is 1.62 bits per heavy atom. The molecule has 0 aliphatic carbocycles. The van der Waals surface area contributed by atoms with Crippen molar-refractivity contribution in [3.05, 3.63) is 0 Å². The zero-order chi connectivity index (χ0) is 5.98. The van der Waals surface area contributed by atoms with E-state index in [9.17, 15) is 0 Å². The van der Waals surface area contributed by atoms with Crippen LogP contribution in [-0.2, 0) is 0 Å². The van der Waals surface area contributed by atoms with E-state index in [0.29, 0.717) is 6.04 Å². The molecule has 0 unspecified atom stereocenters. The minimum atomic E-state index is 0.689. The maximum absolute atomic E-state index is 3.37. The Labute approximate surface area is 50.9 Å². The molecule has 1 atom stereocenters. The van der Waals surface area contributed by atoms with Crippen molar-refractivity contribution in [1.82, 2.24) is 10.2 Å². The van der Waals surface area contributed by atoms with Gasteiger partial charge in [-0.2, -0.15) is 0 Å². The third-order valence-electron chi connectivity index (χ3n) is 1.57. The van der Waals surface area contributed by atoms with Crippen molar-refractivity contribution < 1.29 is 0 Å². The largest absolute Gasteiger partial charge is 0.312 e. The number of nitrogens with zero attached hydrogens (tertiary/aromatic N) is 1. The SMILES string of the molecule is C[C@@H]1CN(C)CCN1. The van der Waals surface area contributed by atoms with E-state index in [2.05, 4.69) is 24.2 Å². The Hall–Kier alpha value is -0.0800. The van der Waals surface area contributed by atoms with Gasteiger partial charge in [0, 0.05) is 25.7 Å². The second-order valence-electron chi connectivity index (χ2n) is 2.62. The first-order valence-electron chi connectivity index (χ1n) is 3.21. The van der Waals surface area contributed by atoms with Crippen LogP contribution in [0.3, 0.4) is 0 Å². The topological polar surface area (TPSA) is 15.3 Å². The quantitative estimate of drug-likeness (QED) is 0.473. The Morgan fingerprint density at radius 3 is 2.75 bits per heavy atom. The number of piperazine rings is 1. The molecular formula is C6H14N2. The van der Waals surface area contributed by atoms with Crippen LogP contribution >= 0.6 is 0 Å². The summed E-state index contributed by atoms with van der Waals surface area (Å²) in [6.07, 6.45) is 0. The summed E-state index contributed by atoms with van der Waals surface area (Å²) in [5, 5.41) is 3.37. The molecule has 0 amide bonds. The average Bonchev–Trinajstić information content (AvgIpc) is 1.64. The highest BCUT2D eigenvalue weighted by molar-refractivity contribution is 4.71. The van der Waals surface area contributed by atoms with Crippen LogP contribution in [0.5, 0.6) is 0 Å². The van der Waals surface area contributed by atoms with Gasteiger partial charge in [-0.15, -0.1) is 0 Å². The Kier molecular flexibility index (Phi) is 1.86. The molecule has 0 aromatic heterocycles. The Balaban J connectivity index is 2.23. The summed E-state index contributed by atoms with van der Waals surface area (Å²) in [7, 11) is 2.16. The fraction of sp³-hybridized carbons (Fsp3) is 1.00. The molecule has 1 saturated heterocycles. The second kappa shape index (κ2) is 2.46. The summed E-state index contributed by atoms with van der Waals surface area (Å²) >= 11 is 0. The van der Waals surface area contributed by atoms with Gasteiger partial charge in [0.15, 0.2) is 0 Å². The third-order valence-corrected chi connectivity index (χ3v) is 1.57. The third kappa shape index (κ3) is 1.46. The van der Waals surface area contributed by atoms with Gasteiger partial charge in [-0.3, -0.25) is 0 Å². The van der Waals surface area contributed by atoms with Crippen molar-refractivity contribution in [2.75, 3.05) is 26.7 Å². The molecule has 2 heteroatoms. The van der Waals surface area contributed by atoms with E-state index in [1.165, 1.54) is 13.1 Å². The van der Waals surface area contributed by atoms with Gasteiger partial charge in [-0.25, -0.2) is 0 Å². The molecule has 0 aromatic carbocycles. The predicted octanol–water partition coefficient (Wildman–Crippen LogP) is -0.0901. The molecule has 0 saturated carbocycles. The molecule has 0 aromatic rings. The molecular weight excluding hydrogens is 100 g/mol. The summed E-state index contributed by atoms with van der Waals surface area (Å²) in [5.74, 6) is 0. The van der Waals surface area contributed by atoms with Gasteiger partial charge in [0.1, 0.15) is 0 Å². The van der Waals surface area contributed by atoms with Gasteiger partial charge in [-0.1, -0.05) is 0 Å². The first-order valence-corrected chi connectivity index (χ1v) is 3.21. The average molecular weight is 114 g/mol. The van der Waals surface area contributed by atoms with Crippen molar-refractivity contribution >= 4 is 0 Å². The first kappa shape index (κ1) is 6.05. The standard InChI is InChI=1S/C6H14N2/c1-6-5-8(2)4-3-7-6/h6-7H,3-5H2,1-2H3/t6-/m1/s1. The normalized spacial score (nSPS) is 33.0. The van der Waals surface area contributed by atoms with Crippen molar-refractivity contribution in [2.24, 2.45) is 0 Å². The number of rotatable bonds is 0. The minimum absolute atomic E-state index is 0.689. The predicted molar refractivity (Wildman–Crippen MR) is 35.0 cm³/mol. The van der Waals surface area contributed by atoms with Crippen LogP contribution in [0.2, 0.25) is 0 Å². The monoisotopic (exact) mass is 114 g/mol. The van der Waals surface area contributed by atoms with Crippen molar-refractivity contribution in [2.45, 2.75) is 13.0 Å². The van der Waals surface area contributed by atoms with Crippen LogP contribution in [0.25, 0.3) is 0 Å². The van der Waals surface area contributed by atoms with E-state index in [-0.39, 0.29) is 0 Å². The maximum Gasteiger partial charge on any atom is 0.0167 e. The van der Waals surface area contributed by atoms with Gasteiger partial charge in [-0.05, 0) is 14.0 Å². The zero-order valence-electron chi connectivity index (χ0n) is 5.65. The van der Waals surface area contributed by atoms with E-state index in [1.807, 2.05) is 0 Å². The van der Waals surface area contributed by atoms with Crippen LogP contribution in [0.4, 0.5) is 0 Å². The van der Waals surface area contributed by atoms with E-state index in [0.717, 1.165) is 6.54 Å². The van der Waals surface area contributed by atoms with E-state index >= 15 is 0 Å². The van der Waals surface area contributed by atoms with Crippen LogP contribution in [0, 0.1) is 0 Å². The highest BCUT2D eigenvalue weighted by Gasteiger charge is 2.09. The van der Waals surface area contributed by atoms with E-state index < -0.39 is 0 Å². The highest BCUT2D eigenvalue weighted by Crippen LogP contribution is 1.92. The summed E-state index contributed by atoms with van der Waals surface area (Å²) in [4.78, 5) is 2.35. The summed E-state index contributed by atoms with van der Waals surface area (Å²) < 4.78 is 0. The summed E-state index contributed by atoms with van der Waals surface area (Å²) in [5.41, 5.74) is 0. The fourth-order valence-corrected chi connectivity index (χ4v) is 1.13. The molecule has 0 radical (unpaired) electrons. The summed E-state index contributed by atoms with van der Waals surface area (Å²) in [6, 6.07) is 0.689. The lowest BCUT2D eigenvalue weighted by Gasteiger charge is -2.28. The lowest BCUT2D eigenvalue weighted by atomic mass is 10.2. The zero-order valence-corrected chi connectivity index (χ0v) is 5.65. The van der Waals surface area contributed by atoms with Gasteiger partial charge < -0.3 is 10.2 Å². The van der Waals surface area contributed by atoms with Crippen molar-refractivity contribution in [3.8, 4) is 0 Å². The number of likely N-dealkylation sites (N-methyl/N-ethyl adjacent to an activating group) is 1. The molecule has 1 rings (SSSR count). The number of hydrogen-bond donors (Lipinski definition) is 1. The molecule has 0 spiro atoms. The minimum Gasteiger partial charge on any atom is -0.312 e. The van der Waals surface area contributed by atoms with Crippen LogP contribution < -0.4 is 5.32 Å². The molecule has 1 heterocycles. The molecule has 2 nitrogen and oxygen atoms in total. The summed E-state index contributed by atoms with van der Waals surface area (Å²) in [6.45, 7) is 5.76. The van der Waals surface area contributed by atoms with Crippen LogP contribution in [-0.4, -0.2) is 37.6 Å². The molecule has 1 N–H and O–H groups in total. The van der Waals surface area contributed by atoms with Crippen molar-refractivity contribution in [1.29, 1.82) is 0 Å². The van der Waals surface area contributed by atoms with Gasteiger partial charge in [0.2, 0.25) is 0 Å².